The molecule has 1 aromatic rings. The lowest BCUT2D eigenvalue weighted by molar-refractivity contribution is -0.124. The van der Waals surface area contributed by atoms with Gasteiger partial charge in [-0.1, -0.05) is 6.92 Å². The van der Waals surface area contributed by atoms with Gasteiger partial charge in [0.15, 0.2) is 0 Å². The molecular weight excluding hydrogens is 324 g/mol. The van der Waals surface area contributed by atoms with Crippen molar-refractivity contribution in [1.82, 2.24) is 15.3 Å². The molecule has 0 saturated carbocycles. The summed E-state index contributed by atoms with van der Waals surface area (Å²) >= 11 is 3.40. The van der Waals surface area contributed by atoms with Crippen molar-refractivity contribution < 1.29 is 9.53 Å². The van der Waals surface area contributed by atoms with Crippen LogP contribution in [-0.2, 0) is 16.0 Å². The molecular formula is C13H19BrN4O2. The zero-order chi connectivity index (χ0) is 14.5. The van der Waals surface area contributed by atoms with Crippen molar-refractivity contribution in [2.45, 2.75) is 26.3 Å². The second-order valence-corrected chi connectivity index (χ2v) is 5.31. The van der Waals surface area contributed by atoms with Crippen LogP contribution >= 0.6 is 15.9 Å². The Kier molecular flexibility index (Phi) is 5.31. The lowest BCUT2D eigenvalue weighted by Gasteiger charge is -2.35. The molecule has 1 unspecified atom stereocenters. The van der Waals surface area contributed by atoms with Crippen molar-refractivity contribution in [3.8, 4) is 0 Å². The predicted octanol–water partition coefficient (Wildman–Crippen LogP) is 1.14. The van der Waals surface area contributed by atoms with E-state index in [0.29, 0.717) is 26.3 Å². The van der Waals surface area contributed by atoms with Gasteiger partial charge in [0.05, 0.1) is 13.2 Å². The van der Waals surface area contributed by atoms with Gasteiger partial charge in [0, 0.05) is 25.6 Å². The molecule has 1 N–H and O–H groups in total. The van der Waals surface area contributed by atoms with E-state index in [0.717, 1.165) is 22.7 Å². The largest absolute Gasteiger partial charge is 0.377 e. The van der Waals surface area contributed by atoms with Crippen LogP contribution in [0.15, 0.2) is 10.7 Å². The highest BCUT2D eigenvalue weighted by atomic mass is 79.9. The van der Waals surface area contributed by atoms with Gasteiger partial charge in [0.1, 0.15) is 22.3 Å². The van der Waals surface area contributed by atoms with Crippen LogP contribution in [-0.4, -0.2) is 48.2 Å². The van der Waals surface area contributed by atoms with Crippen molar-refractivity contribution >= 4 is 27.7 Å². The van der Waals surface area contributed by atoms with E-state index in [1.165, 1.54) is 0 Å². The lowest BCUT2D eigenvalue weighted by atomic mass is 10.2. The highest BCUT2D eigenvalue weighted by Crippen LogP contribution is 2.21. The summed E-state index contributed by atoms with van der Waals surface area (Å²) in [6.45, 7) is 6.15. The number of hydrogen-bond acceptors (Lipinski definition) is 5. The van der Waals surface area contributed by atoms with Crippen molar-refractivity contribution in [2.75, 3.05) is 31.2 Å². The number of anilines is 1. The van der Waals surface area contributed by atoms with Crippen LogP contribution in [0.25, 0.3) is 0 Å². The number of ether oxygens (including phenoxy) is 1. The summed E-state index contributed by atoms with van der Waals surface area (Å²) in [4.78, 5) is 22.9. The normalized spacial score (nSPS) is 18.9. The Morgan fingerprint density at radius 1 is 1.55 bits per heavy atom. The predicted molar refractivity (Wildman–Crippen MR) is 79.7 cm³/mol. The highest BCUT2D eigenvalue weighted by molar-refractivity contribution is 9.10. The summed E-state index contributed by atoms with van der Waals surface area (Å²) in [7, 11) is 0. The molecule has 110 valence electrons. The van der Waals surface area contributed by atoms with Gasteiger partial charge in [-0.25, -0.2) is 9.97 Å². The van der Waals surface area contributed by atoms with Gasteiger partial charge in [0.25, 0.3) is 0 Å². The number of rotatable bonds is 4. The number of likely N-dealkylation sites (N-methyl/N-ethyl adjacent to an activating group) is 1. The van der Waals surface area contributed by atoms with Crippen LogP contribution in [0.2, 0.25) is 0 Å². The van der Waals surface area contributed by atoms with E-state index in [1.807, 2.05) is 24.8 Å². The van der Waals surface area contributed by atoms with Gasteiger partial charge >= 0.3 is 0 Å². The van der Waals surface area contributed by atoms with E-state index in [-0.39, 0.29) is 11.9 Å². The van der Waals surface area contributed by atoms with E-state index >= 15 is 0 Å². The molecule has 0 spiro atoms. The third kappa shape index (κ3) is 3.46. The molecule has 0 aromatic carbocycles. The molecule has 1 atom stereocenters. The number of morpholine rings is 1. The van der Waals surface area contributed by atoms with Gasteiger partial charge in [-0.2, -0.15) is 0 Å². The number of halogens is 1. The maximum Gasteiger partial charge on any atom is 0.245 e. The van der Waals surface area contributed by atoms with Crippen LogP contribution in [0.5, 0.6) is 0 Å². The number of aromatic nitrogens is 2. The number of carbonyl (C=O) groups is 1. The summed E-state index contributed by atoms with van der Waals surface area (Å²) in [5, 5.41) is 2.84. The first-order valence-corrected chi connectivity index (χ1v) is 7.60. The fourth-order valence-corrected chi connectivity index (χ4v) is 2.55. The molecule has 0 bridgehead atoms. The number of nitrogens with one attached hydrogen (secondary N) is 1. The third-order valence-electron chi connectivity index (χ3n) is 3.12. The Bertz CT molecular complexity index is 483. The van der Waals surface area contributed by atoms with Crippen molar-refractivity contribution in [3.05, 3.63) is 16.5 Å². The topological polar surface area (TPSA) is 67.3 Å². The van der Waals surface area contributed by atoms with Gasteiger partial charge in [-0.05, 0) is 22.9 Å². The van der Waals surface area contributed by atoms with Crippen LogP contribution in [0.1, 0.15) is 19.7 Å². The second kappa shape index (κ2) is 6.99. The second-order valence-electron chi connectivity index (χ2n) is 4.50. The zero-order valence-electron chi connectivity index (χ0n) is 11.7. The minimum absolute atomic E-state index is 0.0278. The molecule has 0 radical (unpaired) electrons. The van der Waals surface area contributed by atoms with Gasteiger partial charge in [0.2, 0.25) is 5.91 Å². The Hall–Kier alpha value is -1.21. The zero-order valence-corrected chi connectivity index (χ0v) is 13.3. The number of aryl methyl sites for hydroxylation is 1. The lowest BCUT2D eigenvalue weighted by Crippen LogP contribution is -2.54. The number of carbonyl (C=O) groups excluding carboxylic acids is 1. The third-order valence-corrected chi connectivity index (χ3v) is 3.53. The number of hydrogen-bond donors (Lipinski definition) is 1. The van der Waals surface area contributed by atoms with Crippen molar-refractivity contribution in [1.29, 1.82) is 0 Å². The average molecular weight is 343 g/mol. The SMILES string of the molecule is CCNC(=O)C1COCCN1c1cc(Br)nc(CC)n1. The van der Waals surface area contributed by atoms with Crippen LogP contribution in [0.3, 0.4) is 0 Å². The highest BCUT2D eigenvalue weighted by Gasteiger charge is 2.30. The van der Waals surface area contributed by atoms with Crippen molar-refractivity contribution in [3.63, 3.8) is 0 Å². The van der Waals surface area contributed by atoms with Crippen molar-refractivity contribution in [2.24, 2.45) is 0 Å². The van der Waals surface area contributed by atoms with E-state index in [1.54, 1.807) is 0 Å². The summed E-state index contributed by atoms with van der Waals surface area (Å²) in [5.74, 6) is 1.50. The summed E-state index contributed by atoms with van der Waals surface area (Å²) in [6, 6.07) is 1.51. The molecule has 0 aliphatic carbocycles. The fourth-order valence-electron chi connectivity index (χ4n) is 2.14. The summed E-state index contributed by atoms with van der Waals surface area (Å²) < 4.78 is 6.17. The molecule has 1 saturated heterocycles. The van der Waals surface area contributed by atoms with Crippen LogP contribution < -0.4 is 10.2 Å². The average Bonchev–Trinajstić information content (AvgIpc) is 2.46. The first-order chi connectivity index (χ1) is 9.65. The van der Waals surface area contributed by atoms with E-state index < -0.39 is 0 Å². The number of nitrogens with zero attached hydrogens (tertiary/aromatic N) is 3. The Labute approximate surface area is 127 Å². The standard InChI is InChI=1S/C13H19BrN4O2/c1-3-11-16-10(14)7-12(17-11)18-5-6-20-8-9(18)13(19)15-4-2/h7,9H,3-6,8H2,1-2H3,(H,15,19). The summed E-state index contributed by atoms with van der Waals surface area (Å²) in [5.41, 5.74) is 0. The maximum absolute atomic E-state index is 12.1. The molecule has 1 aliphatic heterocycles. The first-order valence-electron chi connectivity index (χ1n) is 6.81. The van der Waals surface area contributed by atoms with E-state index in [9.17, 15) is 4.79 Å². The molecule has 1 aliphatic rings. The Balaban J connectivity index is 2.27. The van der Waals surface area contributed by atoms with Crippen LogP contribution in [0.4, 0.5) is 5.82 Å². The molecule has 6 nitrogen and oxygen atoms in total. The molecule has 1 fully saturated rings. The molecule has 1 amide bonds. The first kappa shape index (κ1) is 15.2. The molecule has 20 heavy (non-hydrogen) atoms. The molecule has 2 heterocycles. The van der Waals surface area contributed by atoms with Gasteiger partial charge < -0.3 is 15.0 Å². The van der Waals surface area contributed by atoms with Gasteiger partial charge in [-0.3, -0.25) is 4.79 Å². The molecule has 2 rings (SSSR count). The minimum atomic E-state index is -0.338. The smallest absolute Gasteiger partial charge is 0.245 e. The molecule has 7 heteroatoms. The monoisotopic (exact) mass is 342 g/mol. The fraction of sp³-hybridized carbons (Fsp3) is 0.615. The Morgan fingerprint density at radius 2 is 2.35 bits per heavy atom. The minimum Gasteiger partial charge on any atom is -0.377 e. The Morgan fingerprint density at radius 3 is 3.05 bits per heavy atom. The van der Waals surface area contributed by atoms with E-state index in [2.05, 4.69) is 31.2 Å². The number of amides is 1. The van der Waals surface area contributed by atoms with Gasteiger partial charge in [-0.15, -0.1) is 0 Å². The molecule has 1 aromatic heterocycles. The van der Waals surface area contributed by atoms with E-state index in [4.69, 9.17) is 4.74 Å². The quantitative estimate of drug-likeness (QED) is 0.831. The van der Waals surface area contributed by atoms with Crippen LogP contribution in [0, 0.1) is 0 Å². The summed E-state index contributed by atoms with van der Waals surface area (Å²) in [6.07, 6.45) is 0.753. The maximum atomic E-state index is 12.1.